The summed E-state index contributed by atoms with van der Waals surface area (Å²) in [6.45, 7) is 3.34. The van der Waals surface area contributed by atoms with Crippen LogP contribution in [0.2, 0.25) is 5.02 Å². The van der Waals surface area contributed by atoms with Crippen molar-refractivity contribution in [3.05, 3.63) is 88.9 Å². The number of sulfonamides is 1. The summed E-state index contributed by atoms with van der Waals surface area (Å²) in [5.41, 5.74) is 2.04. The number of nitrogens with one attached hydrogen (secondary N) is 1. The van der Waals surface area contributed by atoms with Crippen LogP contribution in [0, 0.1) is 6.92 Å². The molecule has 0 aliphatic heterocycles. The molecule has 0 spiro atoms. The molecule has 10 heteroatoms. The third-order valence-electron chi connectivity index (χ3n) is 6.26. The average Bonchev–Trinajstić information content (AvgIpc) is 2.92. The number of likely N-dealkylation sites (N-methyl/N-ethyl adjacent to an activating group) is 1. The van der Waals surface area contributed by atoms with E-state index in [9.17, 15) is 18.0 Å². The Morgan fingerprint density at radius 1 is 1.03 bits per heavy atom. The summed E-state index contributed by atoms with van der Waals surface area (Å²) in [5, 5.41) is 2.94. The molecule has 0 aliphatic rings. The third kappa shape index (κ3) is 6.65. The SMILES string of the molecule is CC[C@@H](C(=O)NC)N(Cc1ccccc1C)C(=O)CN(c1cccc(Cl)c1)S(=O)(=O)c1ccc(OC)cc1. The fourth-order valence-electron chi connectivity index (χ4n) is 4.09. The standard InChI is InChI=1S/C28H32ClN3O5S/c1-5-26(28(34)30-3)31(18-21-10-7-6-9-20(21)2)27(33)19-32(23-12-8-11-22(29)17-23)38(35,36)25-15-13-24(37-4)14-16-25/h6-17,26H,5,18-19H2,1-4H3,(H,30,34)/t26-/m0/s1. The van der Waals surface area contributed by atoms with Crippen molar-refractivity contribution >= 4 is 39.1 Å². The summed E-state index contributed by atoms with van der Waals surface area (Å²) >= 11 is 6.20. The van der Waals surface area contributed by atoms with Crippen molar-refractivity contribution in [3.8, 4) is 5.75 Å². The van der Waals surface area contributed by atoms with Crippen LogP contribution in [-0.4, -0.2) is 51.9 Å². The van der Waals surface area contributed by atoms with Gasteiger partial charge in [-0.25, -0.2) is 8.42 Å². The van der Waals surface area contributed by atoms with Gasteiger partial charge in [0.2, 0.25) is 11.8 Å². The lowest BCUT2D eigenvalue weighted by Crippen LogP contribution is -2.51. The van der Waals surface area contributed by atoms with Gasteiger partial charge >= 0.3 is 0 Å². The number of hydrogen-bond donors (Lipinski definition) is 1. The van der Waals surface area contributed by atoms with Crippen LogP contribution in [0.4, 0.5) is 5.69 Å². The van der Waals surface area contributed by atoms with Crippen molar-refractivity contribution < 1.29 is 22.7 Å². The zero-order chi connectivity index (χ0) is 27.9. The molecule has 2 amide bonds. The summed E-state index contributed by atoms with van der Waals surface area (Å²) in [4.78, 5) is 28.1. The van der Waals surface area contributed by atoms with E-state index in [0.29, 0.717) is 17.2 Å². The van der Waals surface area contributed by atoms with Crippen molar-refractivity contribution in [3.63, 3.8) is 0 Å². The maximum absolute atomic E-state index is 13.9. The van der Waals surface area contributed by atoms with Crippen LogP contribution in [0.25, 0.3) is 0 Å². The minimum atomic E-state index is -4.19. The number of methoxy groups -OCH3 is 1. The van der Waals surface area contributed by atoms with E-state index in [1.54, 1.807) is 25.1 Å². The number of rotatable bonds is 11. The van der Waals surface area contributed by atoms with Gasteiger partial charge in [0, 0.05) is 18.6 Å². The molecule has 0 heterocycles. The second-order valence-electron chi connectivity index (χ2n) is 8.65. The van der Waals surface area contributed by atoms with Crippen LogP contribution in [-0.2, 0) is 26.2 Å². The second kappa shape index (κ2) is 12.8. The Morgan fingerprint density at radius 2 is 1.71 bits per heavy atom. The first-order valence-electron chi connectivity index (χ1n) is 12.1. The van der Waals surface area contributed by atoms with E-state index >= 15 is 0 Å². The summed E-state index contributed by atoms with van der Waals surface area (Å²) < 4.78 is 33.8. The van der Waals surface area contributed by atoms with Gasteiger partial charge in [0.15, 0.2) is 0 Å². The molecule has 0 bridgehead atoms. The van der Waals surface area contributed by atoms with Crippen LogP contribution in [0.1, 0.15) is 24.5 Å². The fraction of sp³-hybridized carbons (Fsp3) is 0.286. The van der Waals surface area contributed by atoms with Gasteiger partial charge in [-0.3, -0.25) is 13.9 Å². The van der Waals surface area contributed by atoms with E-state index in [4.69, 9.17) is 16.3 Å². The average molecular weight is 558 g/mol. The lowest BCUT2D eigenvalue weighted by atomic mass is 10.1. The number of benzene rings is 3. The molecule has 8 nitrogen and oxygen atoms in total. The number of hydrogen-bond acceptors (Lipinski definition) is 5. The van der Waals surface area contributed by atoms with E-state index in [1.807, 2.05) is 31.2 Å². The number of amides is 2. The first-order valence-corrected chi connectivity index (χ1v) is 13.9. The van der Waals surface area contributed by atoms with E-state index in [0.717, 1.165) is 15.4 Å². The lowest BCUT2D eigenvalue weighted by molar-refractivity contribution is -0.140. The maximum Gasteiger partial charge on any atom is 0.264 e. The minimum absolute atomic E-state index is 0.0186. The monoisotopic (exact) mass is 557 g/mol. The second-order valence-corrected chi connectivity index (χ2v) is 11.0. The molecule has 0 aromatic heterocycles. The molecule has 3 aromatic rings. The van der Waals surface area contributed by atoms with Crippen LogP contribution in [0.5, 0.6) is 5.75 Å². The van der Waals surface area contributed by atoms with Crippen molar-refractivity contribution in [2.75, 3.05) is 25.0 Å². The molecule has 1 atom stereocenters. The van der Waals surface area contributed by atoms with Crippen molar-refractivity contribution in [1.82, 2.24) is 10.2 Å². The quantitative estimate of drug-likeness (QED) is 0.377. The van der Waals surface area contributed by atoms with E-state index in [-0.39, 0.29) is 23.0 Å². The number of anilines is 1. The van der Waals surface area contributed by atoms with Crippen molar-refractivity contribution in [2.24, 2.45) is 0 Å². The van der Waals surface area contributed by atoms with Crippen LogP contribution >= 0.6 is 11.6 Å². The number of carbonyl (C=O) groups is 2. The Hall–Kier alpha value is -3.56. The molecule has 0 fully saturated rings. The number of carbonyl (C=O) groups excluding carboxylic acids is 2. The lowest BCUT2D eigenvalue weighted by Gasteiger charge is -2.33. The predicted octanol–water partition coefficient (Wildman–Crippen LogP) is 4.41. The largest absolute Gasteiger partial charge is 0.497 e. The number of ether oxygens (including phenoxy) is 1. The molecular formula is C28H32ClN3O5S. The van der Waals surface area contributed by atoms with E-state index in [2.05, 4.69) is 5.32 Å². The smallest absolute Gasteiger partial charge is 0.264 e. The highest BCUT2D eigenvalue weighted by Gasteiger charge is 2.33. The Bertz CT molecular complexity index is 1380. The molecule has 3 aromatic carbocycles. The fourth-order valence-corrected chi connectivity index (χ4v) is 5.68. The highest BCUT2D eigenvalue weighted by atomic mass is 35.5. The molecule has 3 rings (SSSR count). The Morgan fingerprint density at radius 3 is 2.29 bits per heavy atom. The van der Waals surface area contributed by atoms with Gasteiger partial charge < -0.3 is 15.0 Å². The highest BCUT2D eigenvalue weighted by molar-refractivity contribution is 7.92. The molecule has 0 radical (unpaired) electrons. The zero-order valence-electron chi connectivity index (χ0n) is 21.8. The summed E-state index contributed by atoms with van der Waals surface area (Å²) in [5.74, 6) is -0.363. The summed E-state index contributed by atoms with van der Waals surface area (Å²) in [7, 11) is -1.20. The normalized spacial score (nSPS) is 11.9. The molecular weight excluding hydrogens is 526 g/mol. The molecule has 0 saturated heterocycles. The number of nitrogens with zero attached hydrogens (tertiary/aromatic N) is 2. The van der Waals surface area contributed by atoms with Crippen LogP contribution in [0.3, 0.4) is 0 Å². The third-order valence-corrected chi connectivity index (χ3v) is 8.28. The van der Waals surface area contributed by atoms with Gasteiger partial charge in [0.25, 0.3) is 10.0 Å². The van der Waals surface area contributed by atoms with Gasteiger partial charge in [-0.2, -0.15) is 0 Å². The van der Waals surface area contributed by atoms with Gasteiger partial charge in [0.1, 0.15) is 18.3 Å². The molecule has 202 valence electrons. The first kappa shape index (κ1) is 29.0. The molecule has 38 heavy (non-hydrogen) atoms. The molecule has 1 N–H and O–H groups in total. The van der Waals surface area contributed by atoms with Crippen molar-refractivity contribution in [2.45, 2.75) is 37.8 Å². The van der Waals surface area contributed by atoms with Crippen molar-refractivity contribution in [1.29, 1.82) is 0 Å². The predicted molar refractivity (Wildman–Crippen MR) is 149 cm³/mol. The topological polar surface area (TPSA) is 96.0 Å². The minimum Gasteiger partial charge on any atom is -0.497 e. The van der Waals surface area contributed by atoms with Crippen LogP contribution in [0.15, 0.2) is 77.7 Å². The van der Waals surface area contributed by atoms with E-state index in [1.165, 1.54) is 49.4 Å². The van der Waals surface area contributed by atoms with Gasteiger partial charge in [-0.05, 0) is 66.9 Å². The molecule has 0 saturated carbocycles. The number of halogens is 1. The first-order chi connectivity index (χ1) is 18.1. The van der Waals surface area contributed by atoms with E-state index < -0.39 is 28.5 Å². The Kier molecular flexibility index (Phi) is 9.77. The summed E-state index contributed by atoms with van der Waals surface area (Å²) in [6.07, 6.45) is 0.347. The maximum atomic E-state index is 13.9. The number of aryl methyl sites for hydroxylation is 1. The Labute approximate surface area is 229 Å². The van der Waals surface area contributed by atoms with Gasteiger partial charge in [-0.15, -0.1) is 0 Å². The molecule has 0 unspecified atom stereocenters. The van der Waals surface area contributed by atoms with Gasteiger partial charge in [0.05, 0.1) is 17.7 Å². The highest BCUT2D eigenvalue weighted by Crippen LogP contribution is 2.28. The molecule has 0 aliphatic carbocycles. The Balaban J connectivity index is 2.07. The van der Waals surface area contributed by atoms with Gasteiger partial charge in [-0.1, -0.05) is 48.9 Å². The summed E-state index contributed by atoms with van der Waals surface area (Å²) in [6, 6.07) is 19.0. The van der Waals surface area contributed by atoms with Crippen LogP contribution < -0.4 is 14.4 Å². The zero-order valence-corrected chi connectivity index (χ0v) is 23.4.